The normalized spacial score (nSPS) is 19.4. The van der Waals surface area contributed by atoms with Crippen molar-refractivity contribution in [3.05, 3.63) is 34.1 Å². The van der Waals surface area contributed by atoms with Gasteiger partial charge in [0.15, 0.2) is 0 Å². The van der Waals surface area contributed by atoms with Gasteiger partial charge < -0.3 is 10.2 Å². The van der Waals surface area contributed by atoms with Crippen LogP contribution in [0.25, 0.3) is 0 Å². The van der Waals surface area contributed by atoms with Gasteiger partial charge in [0, 0.05) is 24.1 Å². The van der Waals surface area contributed by atoms with E-state index in [0.717, 1.165) is 19.5 Å². The number of hydrogen-bond acceptors (Lipinski definition) is 2. The van der Waals surface area contributed by atoms with Crippen molar-refractivity contribution in [1.29, 1.82) is 0 Å². The number of benzene rings is 1. The van der Waals surface area contributed by atoms with Crippen molar-refractivity contribution in [1.82, 2.24) is 10.2 Å². The molecule has 0 spiro atoms. The summed E-state index contributed by atoms with van der Waals surface area (Å²) in [7, 11) is 1.72. The number of carbonyl (C=O) groups is 1. The molecule has 1 saturated heterocycles. The molecule has 5 heteroatoms. The zero-order valence-electron chi connectivity index (χ0n) is 9.54. The van der Waals surface area contributed by atoms with Crippen LogP contribution in [0.3, 0.4) is 0 Å². The van der Waals surface area contributed by atoms with Crippen LogP contribution in [0.1, 0.15) is 16.8 Å². The zero-order valence-corrected chi connectivity index (χ0v) is 11.1. The van der Waals surface area contributed by atoms with E-state index in [4.69, 9.17) is 0 Å². The second-order valence-electron chi connectivity index (χ2n) is 4.16. The summed E-state index contributed by atoms with van der Waals surface area (Å²) in [5, 5.41) is 3.19. The van der Waals surface area contributed by atoms with Crippen molar-refractivity contribution in [2.24, 2.45) is 0 Å². The van der Waals surface area contributed by atoms with Crippen molar-refractivity contribution < 1.29 is 9.18 Å². The van der Waals surface area contributed by atoms with Crippen LogP contribution in [0.5, 0.6) is 0 Å². The van der Waals surface area contributed by atoms with Crippen molar-refractivity contribution in [2.45, 2.75) is 12.5 Å². The van der Waals surface area contributed by atoms with Gasteiger partial charge in [0.05, 0.1) is 5.56 Å². The molecule has 0 aliphatic carbocycles. The van der Waals surface area contributed by atoms with Crippen LogP contribution in [0.15, 0.2) is 22.7 Å². The van der Waals surface area contributed by atoms with Crippen LogP contribution in [0.4, 0.5) is 4.39 Å². The lowest BCUT2D eigenvalue weighted by Crippen LogP contribution is -2.38. The van der Waals surface area contributed by atoms with Crippen molar-refractivity contribution in [3.8, 4) is 0 Å². The maximum Gasteiger partial charge on any atom is 0.258 e. The summed E-state index contributed by atoms with van der Waals surface area (Å²) in [6.45, 7) is 1.68. The molecule has 1 aromatic carbocycles. The Morgan fingerprint density at radius 3 is 2.94 bits per heavy atom. The second-order valence-corrected chi connectivity index (χ2v) is 5.01. The Bertz CT molecular complexity index is 412. The van der Waals surface area contributed by atoms with Gasteiger partial charge in [-0.1, -0.05) is 6.07 Å². The van der Waals surface area contributed by atoms with E-state index in [1.54, 1.807) is 24.1 Å². The Morgan fingerprint density at radius 1 is 1.59 bits per heavy atom. The summed E-state index contributed by atoms with van der Waals surface area (Å²) in [6, 6.07) is 4.71. The largest absolute Gasteiger partial charge is 0.337 e. The van der Waals surface area contributed by atoms with E-state index in [1.807, 2.05) is 0 Å². The van der Waals surface area contributed by atoms with E-state index in [1.165, 1.54) is 6.07 Å². The molecule has 1 amide bonds. The SMILES string of the molecule is CN(C(=O)c1c(F)cccc1Br)[C@H]1CCNC1. The number of carbonyl (C=O) groups excluding carboxylic acids is 1. The molecule has 0 unspecified atom stereocenters. The first-order chi connectivity index (χ1) is 8.11. The second kappa shape index (κ2) is 5.14. The molecule has 1 N–H and O–H groups in total. The summed E-state index contributed by atoms with van der Waals surface area (Å²) >= 11 is 3.22. The van der Waals surface area contributed by atoms with Gasteiger partial charge in [-0.25, -0.2) is 4.39 Å². The Hall–Kier alpha value is -0.940. The van der Waals surface area contributed by atoms with Crippen LogP contribution in [0, 0.1) is 5.82 Å². The summed E-state index contributed by atoms with van der Waals surface area (Å²) in [5.41, 5.74) is 0.113. The van der Waals surface area contributed by atoms with E-state index >= 15 is 0 Å². The molecule has 1 atom stereocenters. The summed E-state index contributed by atoms with van der Waals surface area (Å²) in [5.74, 6) is -0.758. The number of likely N-dealkylation sites (N-methyl/N-ethyl adjacent to an activating group) is 1. The van der Waals surface area contributed by atoms with Gasteiger partial charge in [-0.15, -0.1) is 0 Å². The molecular weight excluding hydrogens is 287 g/mol. The maximum absolute atomic E-state index is 13.7. The molecule has 0 radical (unpaired) electrons. The Kier molecular flexibility index (Phi) is 3.79. The average molecular weight is 301 g/mol. The Labute approximate surface area is 108 Å². The van der Waals surface area contributed by atoms with E-state index in [-0.39, 0.29) is 17.5 Å². The zero-order chi connectivity index (χ0) is 12.4. The summed E-state index contributed by atoms with van der Waals surface area (Å²) in [6.07, 6.45) is 0.911. The fourth-order valence-corrected chi connectivity index (χ4v) is 2.53. The monoisotopic (exact) mass is 300 g/mol. The first kappa shape index (κ1) is 12.5. The van der Waals surface area contributed by atoms with E-state index in [9.17, 15) is 9.18 Å². The minimum absolute atomic E-state index is 0.113. The Morgan fingerprint density at radius 2 is 2.35 bits per heavy atom. The number of rotatable bonds is 2. The predicted molar refractivity (Wildman–Crippen MR) is 67.5 cm³/mol. The van der Waals surface area contributed by atoms with E-state index in [2.05, 4.69) is 21.2 Å². The topological polar surface area (TPSA) is 32.3 Å². The van der Waals surface area contributed by atoms with Crippen molar-refractivity contribution in [3.63, 3.8) is 0 Å². The van der Waals surface area contributed by atoms with Gasteiger partial charge in [0.2, 0.25) is 0 Å². The third-order valence-electron chi connectivity index (χ3n) is 3.08. The molecule has 0 saturated carbocycles. The van der Waals surface area contributed by atoms with E-state index < -0.39 is 5.82 Å². The van der Waals surface area contributed by atoms with Gasteiger partial charge >= 0.3 is 0 Å². The van der Waals surface area contributed by atoms with Crippen LogP contribution in [-0.4, -0.2) is 37.0 Å². The number of amides is 1. The van der Waals surface area contributed by atoms with Gasteiger partial charge in [-0.2, -0.15) is 0 Å². The van der Waals surface area contributed by atoms with Crippen LogP contribution >= 0.6 is 15.9 Å². The smallest absolute Gasteiger partial charge is 0.258 e. The molecule has 0 aromatic heterocycles. The fourth-order valence-electron chi connectivity index (χ4n) is 2.01. The maximum atomic E-state index is 13.7. The lowest BCUT2D eigenvalue weighted by Gasteiger charge is -2.24. The molecule has 1 aliphatic rings. The highest BCUT2D eigenvalue weighted by Crippen LogP contribution is 2.22. The molecule has 17 heavy (non-hydrogen) atoms. The van der Waals surface area contributed by atoms with Crippen molar-refractivity contribution in [2.75, 3.05) is 20.1 Å². The highest BCUT2D eigenvalue weighted by molar-refractivity contribution is 9.10. The molecule has 2 rings (SSSR count). The van der Waals surface area contributed by atoms with Gasteiger partial charge in [-0.3, -0.25) is 4.79 Å². The number of halogens is 2. The van der Waals surface area contributed by atoms with Gasteiger partial charge in [0.25, 0.3) is 5.91 Å². The number of nitrogens with zero attached hydrogens (tertiary/aromatic N) is 1. The highest BCUT2D eigenvalue weighted by atomic mass is 79.9. The standard InChI is InChI=1S/C12H14BrFN2O/c1-16(8-5-6-15-7-8)12(17)11-9(13)3-2-4-10(11)14/h2-4,8,15H,5-7H2,1H3/t8-/m0/s1. The van der Waals surface area contributed by atoms with Crippen LogP contribution in [0.2, 0.25) is 0 Å². The summed E-state index contributed by atoms with van der Waals surface area (Å²) < 4.78 is 14.2. The molecule has 92 valence electrons. The lowest BCUT2D eigenvalue weighted by molar-refractivity contribution is 0.0738. The first-order valence-electron chi connectivity index (χ1n) is 5.53. The minimum Gasteiger partial charge on any atom is -0.337 e. The van der Waals surface area contributed by atoms with Crippen LogP contribution in [-0.2, 0) is 0 Å². The third kappa shape index (κ3) is 2.50. The molecule has 3 nitrogen and oxygen atoms in total. The van der Waals surface area contributed by atoms with Gasteiger partial charge in [-0.05, 0) is 41.0 Å². The minimum atomic E-state index is -0.484. The molecule has 1 aromatic rings. The third-order valence-corrected chi connectivity index (χ3v) is 3.74. The van der Waals surface area contributed by atoms with Crippen molar-refractivity contribution >= 4 is 21.8 Å². The average Bonchev–Trinajstić information content (AvgIpc) is 2.81. The molecular formula is C12H14BrFN2O. The lowest BCUT2D eigenvalue weighted by atomic mass is 10.1. The number of nitrogens with one attached hydrogen (secondary N) is 1. The fraction of sp³-hybridized carbons (Fsp3) is 0.417. The quantitative estimate of drug-likeness (QED) is 0.906. The molecule has 1 heterocycles. The van der Waals surface area contributed by atoms with Gasteiger partial charge in [0.1, 0.15) is 5.82 Å². The predicted octanol–water partition coefficient (Wildman–Crippen LogP) is 2.02. The van der Waals surface area contributed by atoms with Crippen LogP contribution < -0.4 is 5.32 Å². The summed E-state index contributed by atoms with van der Waals surface area (Å²) in [4.78, 5) is 13.8. The molecule has 1 fully saturated rings. The highest BCUT2D eigenvalue weighted by Gasteiger charge is 2.26. The molecule has 1 aliphatic heterocycles. The Balaban J connectivity index is 2.24. The number of hydrogen-bond donors (Lipinski definition) is 1. The molecule has 0 bridgehead atoms. The first-order valence-corrected chi connectivity index (χ1v) is 6.32. The van der Waals surface area contributed by atoms with E-state index in [0.29, 0.717) is 4.47 Å².